The van der Waals surface area contributed by atoms with E-state index in [1.165, 1.54) is 17.7 Å². The smallest absolute Gasteiger partial charge is 0.128 e. The lowest BCUT2D eigenvalue weighted by atomic mass is 10.0. The van der Waals surface area contributed by atoms with Crippen molar-refractivity contribution in [2.75, 3.05) is 11.9 Å². The summed E-state index contributed by atoms with van der Waals surface area (Å²) in [6.45, 7) is 2.76. The molecule has 0 aromatic heterocycles. The predicted molar refractivity (Wildman–Crippen MR) is 78.7 cm³/mol. The Balaban J connectivity index is 1.84. The van der Waals surface area contributed by atoms with Crippen LogP contribution < -0.4 is 10.1 Å². The third kappa shape index (κ3) is 2.99. The molecule has 1 heterocycles. The summed E-state index contributed by atoms with van der Waals surface area (Å²) in [5.41, 5.74) is 2.75. The molecule has 1 atom stereocenters. The summed E-state index contributed by atoms with van der Waals surface area (Å²) < 4.78 is 32.0. The first-order valence-electron chi connectivity index (χ1n) is 7.14. The van der Waals surface area contributed by atoms with E-state index in [0.717, 1.165) is 36.8 Å². The zero-order valence-corrected chi connectivity index (χ0v) is 11.8. The summed E-state index contributed by atoms with van der Waals surface area (Å²) in [6, 6.07) is 9.58. The Morgan fingerprint density at radius 1 is 1.14 bits per heavy atom. The van der Waals surface area contributed by atoms with Gasteiger partial charge in [-0.2, -0.15) is 0 Å². The Labute approximate surface area is 122 Å². The maximum Gasteiger partial charge on any atom is 0.128 e. The second-order valence-electron chi connectivity index (χ2n) is 5.23. The molecule has 21 heavy (non-hydrogen) atoms. The molecule has 110 valence electrons. The topological polar surface area (TPSA) is 21.3 Å². The highest BCUT2D eigenvalue weighted by Gasteiger charge is 2.16. The monoisotopic (exact) mass is 289 g/mol. The number of hydrogen-bond acceptors (Lipinski definition) is 2. The van der Waals surface area contributed by atoms with Gasteiger partial charge in [0.1, 0.15) is 17.4 Å². The molecule has 4 heteroatoms. The lowest BCUT2D eigenvalue weighted by molar-refractivity contribution is 0.357. The van der Waals surface area contributed by atoms with E-state index in [9.17, 15) is 8.78 Å². The van der Waals surface area contributed by atoms with Gasteiger partial charge in [-0.25, -0.2) is 8.78 Å². The van der Waals surface area contributed by atoms with Gasteiger partial charge in [0.15, 0.2) is 0 Å². The molecule has 1 aliphatic heterocycles. The van der Waals surface area contributed by atoms with Crippen molar-refractivity contribution in [3.05, 3.63) is 59.2 Å². The van der Waals surface area contributed by atoms with Crippen LogP contribution in [-0.4, -0.2) is 6.61 Å². The van der Waals surface area contributed by atoms with Gasteiger partial charge in [-0.15, -0.1) is 0 Å². The first-order chi connectivity index (χ1) is 10.2. The highest BCUT2D eigenvalue weighted by atomic mass is 19.1. The second kappa shape index (κ2) is 5.72. The van der Waals surface area contributed by atoms with Crippen LogP contribution in [0.25, 0.3) is 0 Å². The fourth-order valence-electron chi connectivity index (χ4n) is 2.68. The molecule has 2 aromatic carbocycles. The molecule has 0 saturated heterocycles. The van der Waals surface area contributed by atoms with Crippen LogP contribution in [0.3, 0.4) is 0 Å². The summed E-state index contributed by atoms with van der Waals surface area (Å²) in [5.74, 6) is -0.213. The van der Waals surface area contributed by atoms with Gasteiger partial charge in [0.05, 0.1) is 12.6 Å². The van der Waals surface area contributed by atoms with Crippen molar-refractivity contribution in [3.63, 3.8) is 0 Å². The van der Waals surface area contributed by atoms with Crippen LogP contribution in [0.1, 0.15) is 30.5 Å². The second-order valence-corrected chi connectivity index (χ2v) is 5.23. The molecule has 0 fully saturated rings. The molecule has 0 bridgehead atoms. The molecule has 0 amide bonds. The van der Waals surface area contributed by atoms with Crippen molar-refractivity contribution in [2.45, 2.75) is 25.8 Å². The highest BCUT2D eigenvalue weighted by Crippen LogP contribution is 2.31. The first-order valence-corrected chi connectivity index (χ1v) is 7.14. The Kier molecular flexibility index (Phi) is 3.78. The Bertz CT molecular complexity index is 637. The lowest BCUT2D eigenvalue weighted by Crippen LogP contribution is -2.10. The van der Waals surface area contributed by atoms with E-state index in [1.807, 2.05) is 19.1 Å². The molecular weight excluding hydrogens is 272 g/mol. The highest BCUT2D eigenvalue weighted by molar-refractivity contribution is 5.48. The molecule has 0 saturated carbocycles. The van der Waals surface area contributed by atoms with Crippen molar-refractivity contribution in [3.8, 4) is 5.75 Å². The number of fused-ring (bicyclic) bond motifs is 1. The van der Waals surface area contributed by atoms with Gasteiger partial charge >= 0.3 is 0 Å². The molecule has 1 unspecified atom stereocenters. The van der Waals surface area contributed by atoms with Crippen LogP contribution >= 0.6 is 0 Å². The third-order valence-corrected chi connectivity index (χ3v) is 3.73. The lowest BCUT2D eigenvalue weighted by Gasteiger charge is -2.19. The van der Waals surface area contributed by atoms with Gasteiger partial charge in [-0.1, -0.05) is 13.0 Å². The SMILES string of the molecule is CCC(Nc1cc(F)cc(F)c1)c1ccc2c(c1)CCO2. The average molecular weight is 289 g/mol. The van der Waals surface area contributed by atoms with E-state index in [1.54, 1.807) is 0 Å². The Hall–Kier alpha value is -2.10. The van der Waals surface area contributed by atoms with Gasteiger partial charge in [-0.3, -0.25) is 0 Å². The van der Waals surface area contributed by atoms with Gasteiger partial charge < -0.3 is 10.1 Å². The molecule has 1 aliphatic rings. The number of hydrogen-bond donors (Lipinski definition) is 1. The Morgan fingerprint density at radius 3 is 2.62 bits per heavy atom. The maximum absolute atomic E-state index is 13.3. The van der Waals surface area contributed by atoms with Crippen molar-refractivity contribution in [2.24, 2.45) is 0 Å². The molecule has 2 nitrogen and oxygen atoms in total. The summed E-state index contributed by atoms with van der Waals surface area (Å²) in [6.07, 6.45) is 1.73. The molecule has 0 spiro atoms. The minimum absolute atomic E-state index is 0.0112. The van der Waals surface area contributed by atoms with Crippen LogP contribution in [0.4, 0.5) is 14.5 Å². The van der Waals surface area contributed by atoms with Gasteiger partial charge in [0.25, 0.3) is 0 Å². The van der Waals surface area contributed by atoms with E-state index >= 15 is 0 Å². The summed E-state index contributed by atoms with van der Waals surface area (Å²) in [4.78, 5) is 0. The molecule has 0 radical (unpaired) electrons. The minimum Gasteiger partial charge on any atom is -0.493 e. The zero-order chi connectivity index (χ0) is 14.8. The minimum atomic E-state index is -0.574. The normalized spacial score (nSPS) is 14.4. The van der Waals surface area contributed by atoms with Crippen molar-refractivity contribution < 1.29 is 13.5 Å². The maximum atomic E-state index is 13.3. The number of nitrogens with one attached hydrogen (secondary N) is 1. The fraction of sp³-hybridized carbons (Fsp3) is 0.294. The van der Waals surface area contributed by atoms with Crippen molar-refractivity contribution in [1.82, 2.24) is 0 Å². The van der Waals surface area contributed by atoms with Crippen LogP contribution in [0.2, 0.25) is 0 Å². The molecular formula is C17H17F2NO. The van der Waals surface area contributed by atoms with Crippen LogP contribution in [0.15, 0.2) is 36.4 Å². The van der Waals surface area contributed by atoms with E-state index < -0.39 is 11.6 Å². The van der Waals surface area contributed by atoms with E-state index in [-0.39, 0.29) is 6.04 Å². The van der Waals surface area contributed by atoms with Crippen LogP contribution in [-0.2, 0) is 6.42 Å². The predicted octanol–water partition coefficient (Wildman–Crippen LogP) is 4.46. The molecule has 3 rings (SSSR count). The molecule has 0 aliphatic carbocycles. The largest absolute Gasteiger partial charge is 0.493 e. The number of benzene rings is 2. The third-order valence-electron chi connectivity index (χ3n) is 3.73. The van der Waals surface area contributed by atoms with E-state index in [2.05, 4.69) is 11.4 Å². The van der Waals surface area contributed by atoms with Gasteiger partial charge in [0, 0.05) is 18.2 Å². The fourth-order valence-corrected chi connectivity index (χ4v) is 2.68. The summed E-state index contributed by atoms with van der Waals surface area (Å²) >= 11 is 0. The van der Waals surface area contributed by atoms with Gasteiger partial charge in [0.2, 0.25) is 0 Å². The quantitative estimate of drug-likeness (QED) is 0.897. The number of ether oxygens (including phenoxy) is 1. The molecule has 1 N–H and O–H groups in total. The van der Waals surface area contributed by atoms with Crippen LogP contribution in [0.5, 0.6) is 5.75 Å². The van der Waals surface area contributed by atoms with Crippen molar-refractivity contribution >= 4 is 5.69 Å². The zero-order valence-electron chi connectivity index (χ0n) is 11.8. The number of anilines is 1. The molecule has 2 aromatic rings. The standard InChI is InChI=1S/C17H17F2NO/c1-2-16(20-15-9-13(18)8-14(19)10-15)11-3-4-17-12(7-11)5-6-21-17/h3-4,7-10,16,20H,2,5-6H2,1H3. The number of halogens is 2. The van der Waals surface area contributed by atoms with Crippen LogP contribution in [0, 0.1) is 11.6 Å². The van der Waals surface area contributed by atoms with E-state index in [4.69, 9.17) is 4.74 Å². The summed E-state index contributed by atoms with van der Waals surface area (Å²) in [7, 11) is 0. The summed E-state index contributed by atoms with van der Waals surface area (Å²) in [5, 5.41) is 3.20. The average Bonchev–Trinajstić information content (AvgIpc) is 2.91. The first kappa shape index (κ1) is 13.9. The Morgan fingerprint density at radius 2 is 1.90 bits per heavy atom. The van der Waals surface area contributed by atoms with Gasteiger partial charge in [-0.05, 0) is 41.8 Å². The van der Waals surface area contributed by atoms with E-state index in [0.29, 0.717) is 5.69 Å². The van der Waals surface area contributed by atoms with Crippen molar-refractivity contribution in [1.29, 1.82) is 0 Å². The number of rotatable bonds is 4.